The maximum atomic E-state index is 12.2. The molecule has 0 saturated heterocycles. The quantitative estimate of drug-likeness (QED) is 0.244. The van der Waals surface area contributed by atoms with Crippen molar-refractivity contribution >= 4 is 11.4 Å². The van der Waals surface area contributed by atoms with Crippen LogP contribution in [0.3, 0.4) is 0 Å². The highest BCUT2D eigenvalue weighted by Gasteiger charge is 2.30. The topological polar surface area (TPSA) is 50.8 Å². The van der Waals surface area contributed by atoms with Gasteiger partial charge < -0.3 is 15.4 Å². The average Bonchev–Trinajstić information content (AvgIpc) is 2.73. The van der Waals surface area contributed by atoms with E-state index in [2.05, 4.69) is 47.5 Å². The standard InChI is InChI=1S/C27H28F3N3O/c1-17(11-13-19(3)34-27(28,29)30)21(5)32-22(6)26-14-12-18(2)33(23(26)7)16-24-9-8-10-25(15-24)20(4)31/h8-15H,1,3-5,7,16,31H2,2,6H3/b13-11-,32-22+. The zero-order chi connectivity index (χ0) is 25.6. The number of aliphatic imine (C=N–C) groups is 1. The van der Waals surface area contributed by atoms with Gasteiger partial charge >= 0.3 is 6.36 Å². The maximum Gasteiger partial charge on any atom is 0.573 e. The normalized spacial score (nSPS) is 14.6. The molecule has 1 aliphatic heterocycles. The molecule has 0 fully saturated rings. The van der Waals surface area contributed by atoms with Crippen molar-refractivity contribution in [2.45, 2.75) is 26.8 Å². The molecule has 0 radical (unpaired) electrons. The molecule has 0 aromatic heterocycles. The summed E-state index contributed by atoms with van der Waals surface area (Å²) in [6.07, 6.45) is 1.44. The van der Waals surface area contributed by atoms with Gasteiger partial charge in [-0.2, -0.15) is 0 Å². The molecule has 1 aromatic rings. The lowest BCUT2D eigenvalue weighted by atomic mass is 10.0. The summed E-state index contributed by atoms with van der Waals surface area (Å²) in [4.78, 5) is 6.53. The fourth-order valence-corrected chi connectivity index (χ4v) is 3.16. The molecular formula is C27H28F3N3O. The first-order chi connectivity index (χ1) is 15.8. The van der Waals surface area contributed by atoms with Gasteiger partial charge in [0.15, 0.2) is 0 Å². The Labute approximate surface area is 198 Å². The molecule has 0 saturated carbocycles. The van der Waals surface area contributed by atoms with Crippen molar-refractivity contribution in [2.75, 3.05) is 0 Å². The number of benzene rings is 1. The van der Waals surface area contributed by atoms with Crippen molar-refractivity contribution < 1.29 is 17.9 Å². The molecule has 178 valence electrons. The van der Waals surface area contributed by atoms with Gasteiger partial charge in [0.25, 0.3) is 0 Å². The van der Waals surface area contributed by atoms with Crippen LogP contribution in [0.5, 0.6) is 0 Å². The van der Waals surface area contributed by atoms with Crippen LogP contribution < -0.4 is 5.73 Å². The minimum absolute atomic E-state index is 0.286. The van der Waals surface area contributed by atoms with E-state index in [0.717, 1.165) is 34.2 Å². The molecular weight excluding hydrogens is 439 g/mol. The van der Waals surface area contributed by atoms with Gasteiger partial charge in [-0.05, 0) is 60.9 Å². The summed E-state index contributed by atoms with van der Waals surface area (Å²) in [5, 5.41) is 0. The molecule has 1 aliphatic rings. The first kappa shape index (κ1) is 26.3. The van der Waals surface area contributed by atoms with Crippen molar-refractivity contribution in [3.8, 4) is 0 Å². The van der Waals surface area contributed by atoms with Gasteiger partial charge in [-0.25, -0.2) is 0 Å². The number of hydrogen-bond acceptors (Lipinski definition) is 4. The van der Waals surface area contributed by atoms with E-state index in [1.807, 2.05) is 43.3 Å². The summed E-state index contributed by atoms with van der Waals surface area (Å²) in [5.41, 5.74) is 12.0. The van der Waals surface area contributed by atoms with Crippen LogP contribution in [-0.2, 0) is 11.3 Å². The SMILES string of the molecule is C=C(/C=C\C(=C)C(=C)/N=C(\C)C1=CC=C(C)N(Cc2cccc(C(=C)N)c2)C1=C)OC(F)(F)F. The second-order valence-corrected chi connectivity index (χ2v) is 7.66. The third-order valence-corrected chi connectivity index (χ3v) is 4.97. The summed E-state index contributed by atoms with van der Waals surface area (Å²) >= 11 is 0. The summed E-state index contributed by atoms with van der Waals surface area (Å²) < 4.78 is 40.4. The second-order valence-electron chi connectivity index (χ2n) is 7.66. The molecule has 2 rings (SSSR count). The Balaban J connectivity index is 2.15. The van der Waals surface area contributed by atoms with Gasteiger partial charge in [0, 0.05) is 34.9 Å². The van der Waals surface area contributed by atoms with E-state index in [9.17, 15) is 13.2 Å². The molecule has 0 amide bonds. The number of rotatable bonds is 9. The number of nitrogens with zero attached hydrogens (tertiary/aromatic N) is 2. The predicted molar refractivity (Wildman–Crippen MR) is 133 cm³/mol. The smallest absolute Gasteiger partial charge is 0.406 e. The van der Waals surface area contributed by atoms with Crippen molar-refractivity contribution in [1.82, 2.24) is 4.90 Å². The van der Waals surface area contributed by atoms with Crippen molar-refractivity contribution in [3.63, 3.8) is 0 Å². The number of halogens is 3. The second kappa shape index (κ2) is 10.7. The minimum Gasteiger partial charge on any atom is -0.406 e. The van der Waals surface area contributed by atoms with Crippen LogP contribution in [-0.4, -0.2) is 17.0 Å². The molecule has 2 N–H and O–H groups in total. The third-order valence-electron chi connectivity index (χ3n) is 4.97. The number of hydrogen-bond donors (Lipinski definition) is 1. The van der Waals surface area contributed by atoms with Gasteiger partial charge in [-0.15, -0.1) is 13.2 Å². The first-order valence-corrected chi connectivity index (χ1v) is 10.2. The van der Waals surface area contributed by atoms with E-state index in [4.69, 9.17) is 5.73 Å². The molecule has 0 atom stereocenters. The Hall–Kier alpha value is -4.00. The van der Waals surface area contributed by atoms with Crippen molar-refractivity contribution in [3.05, 3.63) is 127 Å². The summed E-state index contributed by atoms with van der Waals surface area (Å²) in [7, 11) is 0. The zero-order valence-corrected chi connectivity index (χ0v) is 19.4. The van der Waals surface area contributed by atoms with Crippen LogP contribution in [0.4, 0.5) is 13.2 Å². The average molecular weight is 468 g/mol. The minimum atomic E-state index is -4.81. The number of allylic oxidation sites excluding steroid dienone is 6. The van der Waals surface area contributed by atoms with Crippen LogP contribution in [0.25, 0.3) is 5.70 Å². The molecule has 0 bridgehead atoms. The lowest BCUT2D eigenvalue weighted by Gasteiger charge is -2.32. The molecule has 7 heteroatoms. The van der Waals surface area contributed by atoms with Crippen molar-refractivity contribution in [1.29, 1.82) is 0 Å². The summed E-state index contributed by atoms with van der Waals surface area (Å²) in [6, 6.07) is 7.81. The van der Waals surface area contributed by atoms with E-state index in [0.29, 0.717) is 23.5 Å². The van der Waals surface area contributed by atoms with Crippen molar-refractivity contribution in [2.24, 2.45) is 10.7 Å². The Bertz CT molecular complexity index is 1160. The van der Waals surface area contributed by atoms with Gasteiger partial charge in [0.2, 0.25) is 0 Å². The van der Waals surface area contributed by atoms with Crippen LogP contribution in [0.15, 0.2) is 120 Å². The number of ether oxygens (including phenoxy) is 1. The van der Waals surface area contributed by atoms with Gasteiger partial charge in [0.05, 0.1) is 5.70 Å². The predicted octanol–water partition coefficient (Wildman–Crippen LogP) is 6.91. The first-order valence-electron chi connectivity index (χ1n) is 10.2. The van der Waals surface area contributed by atoms with E-state index >= 15 is 0 Å². The summed E-state index contributed by atoms with van der Waals surface area (Å²) in [6.45, 7) is 23.2. The van der Waals surface area contributed by atoms with E-state index in [1.165, 1.54) is 6.08 Å². The largest absolute Gasteiger partial charge is 0.573 e. The van der Waals surface area contributed by atoms with Gasteiger partial charge in [-0.1, -0.05) is 51.1 Å². The van der Waals surface area contributed by atoms with Crippen LogP contribution in [0, 0.1) is 0 Å². The molecule has 0 spiro atoms. The maximum absolute atomic E-state index is 12.2. The van der Waals surface area contributed by atoms with E-state index < -0.39 is 12.1 Å². The molecule has 34 heavy (non-hydrogen) atoms. The van der Waals surface area contributed by atoms with Gasteiger partial charge in [0.1, 0.15) is 5.76 Å². The third kappa shape index (κ3) is 7.27. The van der Waals surface area contributed by atoms with E-state index in [-0.39, 0.29) is 5.70 Å². The Morgan fingerprint density at radius 2 is 1.82 bits per heavy atom. The van der Waals surface area contributed by atoms with E-state index in [1.54, 1.807) is 6.92 Å². The molecule has 1 aromatic carbocycles. The Kier molecular flexibility index (Phi) is 8.30. The van der Waals surface area contributed by atoms with Gasteiger partial charge in [-0.3, -0.25) is 4.99 Å². The highest BCUT2D eigenvalue weighted by atomic mass is 19.4. The van der Waals surface area contributed by atoms with Crippen LogP contribution in [0.2, 0.25) is 0 Å². The Morgan fingerprint density at radius 1 is 1.15 bits per heavy atom. The fourth-order valence-electron chi connectivity index (χ4n) is 3.16. The lowest BCUT2D eigenvalue weighted by Crippen LogP contribution is -2.25. The fraction of sp³-hybridized carbons (Fsp3) is 0.148. The zero-order valence-electron chi connectivity index (χ0n) is 19.4. The monoisotopic (exact) mass is 467 g/mol. The lowest BCUT2D eigenvalue weighted by molar-refractivity contribution is -0.303. The van der Waals surface area contributed by atoms with Crippen LogP contribution >= 0.6 is 0 Å². The molecule has 0 aliphatic carbocycles. The highest BCUT2D eigenvalue weighted by Crippen LogP contribution is 2.28. The number of alkyl halides is 3. The molecule has 0 unspecified atom stereocenters. The Morgan fingerprint density at radius 3 is 2.44 bits per heavy atom. The number of nitrogens with two attached hydrogens (primary N) is 1. The molecule has 4 nitrogen and oxygen atoms in total. The highest BCUT2D eigenvalue weighted by molar-refractivity contribution is 6.03. The van der Waals surface area contributed by atoms with Crippen LogP contribution in [0.1, 0.15) is 25.0 Å². The summed E-state index contributed by atoms with van der Waals surface area (Å²) in [5.74, 6) is -0.566. The molecule has 1 heterocycles.